The van der Waals surface area contributed by atoms with Crippen molar-refractivity contribution in [1.29, 1.82) is 0 Å². The van der Waals surface area contributed by atoms with Crippen LogP contribution in [0.25, 0.3) is 22.2 Å². The third-order valence-electron chi connectivity index (χ3n) is 3.59. The van der Waals surface area contributed by atoms with Crippen LogP contribution in [0, 0.1) is 5.92 Å². The molecule has 3 rings (SSSR count). The Labute approximate surface area is 125 Å². The number of benzene rings is 2. The van der Waals surface area contributed by atoms with Crippen molar-refractivity contribution in [2.75, 3.05) is 6.54 Å². The fourth-order valence-electron chi connectivity index (χ4n) is 2.44. The maximum absolute atomic E-state index is 4.25. The minimum absolute atomic E-state index is 0.686. The van der Waals surface area contributed by atoms with E-state index in [1.807, 2.05) is 0 Å². The lowest BCUT2D eigenvalue weighted by molar-refractivity contribution is 0.552. The van der Waals surface area contributed by atoms with Crippen LogP contribution in [-0.2, 0) is 6.54 Å². The number of aromatic nitrogens is 2. The number of nitrogens with one attached hydrogen (secondary N) is 2. The second-order valence-electron chi connectivity index (χ2n) is 5.86. The Morgan fingerprint density at radius 1 is 1.05 bits per heavy atom. The van der Waals surface area contributed by atoms with Crippen LogP contribution in [0.3, 0.4) is 0 Å². The van der Waals surface area contributed by atoms with Crippen LogP contribution < -0.4 is 5.32 Å². The fourth-order valence-corrected chi connectivity index (χ4v) is 2.44. The van der Waals surface area contributed by atoms with E-state index in [9.17, 15) is 0 Å². The molecule has 21 heavy (non-hydrogen) atoms. The lowest BCUT2D eigenvalue weighted by Crippen LogP contribution is -2.18. The van der Waals surface area contributed by atoms with Crippen LogP contribution in [0.2, 0.25) is 0 Å². The summed E-state index contributed by atoms with van der Waals surface area (Å²) in [6.45, 7) is 6.43. The van der Waals surface area contributed by atoms with Crippen molar-refractivity contribution in [3.63, 3.8) is 0 Å². The SMILES string of the molecule is CC(C)CNCc1ccc(-c2ccc3nc[nH]c3c2)cc1. The first-order valence-corrected chi connectivity index (χ1v) is 7.45. The Balaban J connectivity index is 1.73. The summed E-state index contributed by atoms with van der Waals surface area (Å²) in [5.41, 5.74) is 5.86. The van der Waals surface area contributed by atoms with Crippen molar-refractivity contribution in [2.45, 2.75) is 20.4 Å². The van der Waals surface area contributed by atoms with Gasteiger partial charge in [-0.15, -0.1) is 0 Å². The van der Waals surface area contributed by atoms with Crippen LogP contribution in [0.5, 0.6) is 0 Å². The minimum Gasteiger partial charge on any atom is -0.345 e. The molecule has 3 heteroatoms. The molecule has 0 saturated carbocycles. The first-order chi connectivity index (χ1) is 10.2. The molecular formula is C18H21N3. The molecule has 2 aromatic carbocycles. The van der Waals surface area contributed by atoms with Crippen molar-refractivity contribution in [1.82, 2.24) is 15.3 Å². The third kappa shape index (κ3) is 3.31. The summed E-state index contributed by atoms with van der Waals surface area (Å²) < 4.78 is 0. The molecule has 3 aromatic rings. The molecule has 0 fully saturated rings. The van der Waals surface area contributed by atoms with E-state index >= 15 is 0 Å². The molecule has 0 spiro atoms. The summed E-state index contributed by atoms with van der Waals surface area (Å²) in [5.74, 6) is 0.686. The van der Waals surface area contributed by atoms with Crippen molar-refractivity contribution < 1.29 is 0 Å². The first kappa shape index (κ1) is 13.8. The molecule has 0 aliphatic rings. The molecule has 0 saturated heterocycles. The molecule has 108 valence electrons. The quantitative estimate of drug-likeness (QED) is 0.741. The van der Waals surface area contributed by atoms with Crippen molar-refractivity contribution >= 4 is 11.0 Å². The van der Waals surface area contributed by atoms with E-state index in [1.54, 1.807) is 6.33 Å². The van der Waals surface area contributed by atoms with Gasteiger partial charge in [0.2, 0.25) is 0 Å². The Morgan fingerprint density at radius 2 is 1.81 bits per heavy atom. The maximum atomic E-state index is 4.25. The van der Waals surface area contributed by atoms with E-state index in [4.69, 9.17) is 0 Å². The van der Waals surface area contributed by atoms with Crippen LogP contribution in [0.1, 0.15) is 19.4 Å². The Bertz CT molecular complexity index is 711. The highest BCUT2D eigenvalue weighted by Crippen LogP contribution is 2.23. The zero-order valence-corrected chi connectivity index (χ0v) is 12.6. The highest BCUT2D eigenvalue weighted by molar-refractivity contribution is 5.81. The van der Waals surface area contributed by atoms with E-state index in [0.717, 1.165) is 24.1 Å². The molecule has 0 aliphatic heterocycles. The molecule has 1 heterocycles. The Morgan fingerprint density at radius 3 is 2.57 bits per heavy atom. The fraction of sp³-hybridized carbons (Fsp3) is 0.278. The molecule has 0 amide bonds. The second-order valence-corrected chi connectivity index (χ2v) is 5.86. The maximum Gasteiger partial charge on any atom is 0.0931 e. The number of H-pyrrole nitrogens is 1. The molecule has 3 nitrogen and oxygen atoms in total. The van der Waals surface area contributed by atoms with E-state index in [2.05, 4.69) is 71.6 Å². The summed E-state index contributed by atoms with van der Waals surface area (Å²) in [6, 6.07) is 15.1. The third-order valence-corrected chi connectivity index (χ3v) is 3.59. The van der Waals surface area contributed by atoms with Gasteiger partial charge >= 0.3 is 0 Å². The second kappa shape index (κ2) is 6.10. The molecular weight excluding hydrogens is 258 g/mol. The summed E-state index contributed by atoms with van der Waals surface area (Å²) >= 11 is 0. The average Bonchev–Trinajstić information content (AvgIpc) is 2.95. The highest BCUT2D eigenvalue weighted by atomic mass is 14.9. The molecule has 0 unspecified atom stereocenters. The Kier molecular flexibility index (Phi) is 4.02. The summed E-state index contributed by atoms with van der Waals surface area (Å²) in [5, 5.41) is 3.47. The normalized spacial score (nSPS) is 11.4. The molecule has 0 radical (unpaired) electrons. The lowest BCUT2D eigenvalue weighted by Gasteiger charge is -2.08. The van der Waals surface area contributed by atoms with Gasteiger partial charge in [0.05, 0.1) is 17.4 Å². The predicted octanol–water partition coefficient (Wildman–Crippen LogP) is 3.98. The van der Waals surface area contributed by atoms with Gasteiger partial charge < -0.3 is 10.3 Å². The molecule has 2 N–H and O–H groups in total. The summed E-state index contributed by atoms with van der Waals surface area (Å²) in [6.07, 6.45) is 1.73. The van der Waals surface area contributed by atoms with Gasteiger partial charge in [0.15, 0.2) is 0 Å². The zero-order valence-electron chi connectivity index (χ0n) is 12.6. The summed E-state index contributed by atoms with van der Waals surface area (Å²) in [4.78, 5) is 7.41. The zero-order chi connectivity index (χ0) is 14.7. The number of imidazole rings is 1. The van der Waals surface area contributed by atoms with Gasteiger partial charge in [-0.3, -0.25) is 0 Å². The number of rotatable bonds is 5. The van der Waals surface area contributed by atoms with Crippen LogP contribution in [0.4, 0.5) is 0 Å². The van der Waals surface area contributed by atoms with Gasteiger partial charge in [-0.1, -0.05) is 44.2 Å². The number of hydrogen-bond acceptors (Lipinski definition) is 2. The van der Waals surface area contributed by atoms with Gasteiger partial charge in [0.1, 0.15) is 0 Å². The Hall–Kier alpha value is -2.13. The predicted molar refractivity (Wildman–Crippen MR) is 88.1 cm³/mol. The van der Waals surface area contributed by atoms with E-state index in [1.165, 1.54) is 16.7 Å². The van der Waals surface area contributed by atoms with E-state index in [0.29, 0.717) is 5.92 Å². The highest BCUT2D eigenvalue weighted by Gasteiger charge is 2.02. The topological polar surface area (TPSA) is 40.7 Å². The van der Waals surface area contributed by atoms with Gasteiger partial charge in [-0.2, -0.15) is 0 Å². The number of nitrogens with zero attached hydrogens (tertiary/aromatic N) is 1. The average molecular weight is 279 g/mol. The molecule has 0 bridgehead atoms. The van der Waals surface area contributed by atoms with Crippen LogP contribution >= 0.6 is 0 Å². The molecule has 0 atom stereocenters. The van der Waals surface area contributed by atoms with Crippen molar-refractivity contribution in [2.24, 2.45) is 5.92 Å². The van der Waals surface area contributed by atoms with Gasteiger partial charge in [-0.25, -0.2) is 4.98 Å². The number of aromatic amines is 1. The standard InChI is InChI=1S/C18H21N3/c1-13(2)10-19-11-14-3-5-15(6-4-14)16-7-8-17-18(9-16)21-12-20-17/h3-9,12-13,19H,10-11H2,1-2H3,(H,20,21). The number of hydrogen-bond donors (Lipinski definition) is 2. The van der Waals surface area contributed by atoms with E-state index < -0.39 is 0 Å². The first-order valence-electron chi connectivity index (χ1n) is 7.45. The summed E-state index contributed by atoms with van der Waals surface area (Å²) in [7, 11) is 0. The van der Waals surface area contributed by atoms with Gasteiger partial charge in [0, 0.05) is 6.54 Å². The van der Waals surface area contributed by atoms with E-state index in [-0.39, 0.29) is 0 Å². The minimum atomic E-state index is 0.686. The number of fused-ring (bicyclic) bond motifs is 1. The largest absolute Gasteiger partial charge is 0.345 e. The van der Waals surface area contributed by atoms with Crippen LogP contribution in [0.15, 0.2) is 48.8 Å². The van der Waals surface area contributed by atoms with Crippen molar-refractivity contribution in [3.05, 3.63) is 54.4 Å². The van der Waals surface area contributed by atoms with Gasteiger partial charge in [0.25, 0.3) is 0 Å². The van der Waals surface area contributed by atoms with Crippen molar-refractivity contribution in [3.8, 4) is 11.1 Å². The molecule has 0 aliphatic carbocycles. The van der Waals surface area contributed by atoms with Gasteiger partial charge in [-0.05, 0) is 41.3 Å². The van der Waals surface area contributed by atoms with Crippen LogP contribution in [-0.4, -0.2) is 16.5 Å². The monoisotopic (exact) mass is 279 g/mol. The molecule has 1 aromatic heterocycles. The smallest absolute Gasteiger partial charge is 0.0931 e. The lowest BCUT2D eigenvalue weighted by atomic mass is 10.0.